The zero-order valence-electron chi connectivity index (χ0n) is 2.79. The first-order valence-corrected chi connectivity index (χ1v) is 1.02. The van der Waals surface area contributed by atoms with Crippen molar-refractivity contribution < 1.29 is 6.21 Å². The van der Waals surface area contributed by atoms with E-state index >= 15 is 0 Å². The minimum Gasteiger partial charge on any atom is -0.356 e. The van der Waals surface area contributed by atoms with Crippen LogP contribution in [0.5, 0.6) is 0 Å². The summed E-state index contributed by atoms with van der Waals surface area (Å²) in [6.45, 7) is 0. The van der Waals surface area contributed by atoms with Crippen LogP contribution in [-0.2, 0) is 0 Å². The minimum absolute atomic E-state index is 0.856. The molecule has 0 aromatic heterocycles. The number of halogens is 1. The summed E-state index contributed by atoms with van der Waals surface area (Å²) < 4.78 is 5.93. The van der Waals surface area contributed by atoms with Gasteiger partial charge in [-0.25, -0.2) is 0 Å². The number of carbonyl (C=O) groups is 1. The van der Waals surface area contributed by atoms with E-state index in [1.165, 1.54) is 5.73 Å². The van der Waals surface area contributed by atoms with E-state index in [0.29, 0.717) is 0 Å². The molecule has 0 aromatic carbocycles. The van der Waals surface area contributed by atoms with E-state index in [1.54, 1.807) is 0 Å². The Morgan fingerprint density at radius 2 is 2.75 bits per heavy atom. The van der Waals surface area contributed by atoms with Crippen molar-refractivity contribution in [2.45, 2.75) is 0 Å². The zero-order valence-corrected chi connectivity index (χ0v) is 2.54. The third-order valence-corrected chi connectivity index (χ3v) is 0. The van der Waals surface area contributed by atoms with Crippen LogP contribution in [0, 0.1) is 0 Å². The third kappa shape index (κ3) is 17.6. The van der Waals surface area contributed by atoms with Gasteiger partial charge < -0.3 is 5.73 Å². The van der Waals surface area contributed by atoms with E-state index in [2.05, 4.69) is 11.6 Å². The molecule has 2 N–H and O–H groups in total. The molecule has 0 fully saturated rings. The lowest BCUT2D eigenvalue weighted by atomic mass is 11.5. The molecule has 0 unspecified atom stereocenters. The molecular formula is CH2ClNO. The highest BCUT2D eigenvalue weighted by Gasteiger charge is 1.66. The molecule has 0 aliphatic heterocycles. The quantitative estimate of drug-likeness (QED) is 0.330. The van der Waals surface area contributed by atoms with Crippen molar-refractivity contribution in [2.24, 2.45) is 5.73 Å². The highest BCUT2D eigenvalue weighted by molar-refractivity contribution is 6.62. The monoisotopic (exact) mass is 80.0 g/mol. The Hall–Kier alpha value is -0.240. The van der Waals surface area contributed by atoms with E-state index in [9.17, 15) is 4.79 Å². The average molecular weight is 80.5 g/mol. The summed E-state index contributed by atoms with van der Waals surface area (Å²) in [5.74, 6) is 0. The van der Waals surface area contributed by atoms with E-state index in [1.807, 2.05) is 0 Å². The van der Waals surface area contributed by atoms with Crippen molar-refractivity contribution in [3.05, 3.63) is 0 Å². The molecule has 0 heterocycles. The molecule has 0 atom stereocenters. The Balaban J connectivity index is 2.85. The van der Waals surface area contributed by atoms with Gasteiger partial charge in [-0.05, 0) is 11.6 Å². The predicted octanol–water partition coefficient (Wildman–Crippen LogP) is 0.304. The van der Waals surface area contributed by atoms with Crippen LogP contribution in [0.2, 0.25) is 1.41 Å². The topological polar surface area (TPSA) is 43.1 Å². The van der Waals surface area contributed by atoms with Gasteiger partial charge in [0.15, 0.2) is 1.41 Å². The molecule has 0 bridgehead atoms. The lowest BCUT2D eigenvalue weighted by molar-refractivity contribution is 0.266. The van der Waals surface area contributed by atoms with E-state index in [0.717, 1.165) is 0 Å². The van der Waals surface area contributed by atoms with Gasteiger partial charge >= 0.3 is 5.37 Å². The summed E-state index contributed by atoms with van der Waals surface area (Å²) in [4.78, 5) is 9.28. The van der Waals surface area contributed by atoms with E-state index < -0.39 is 5.37 Å². The fourth-order valence-electron chi connectivity index (χ4n) is 0. The van der Waals surface area contributed by atoms with Gasteiger partial charge in [0, 0.05) is 0 Å². The van der Waals surface area contributed by atoms with Crippen LogP contribution in [0.25, 0.3) is 0 Å². The van der Waals surface area contributed by atoms with Gasteiger partial charge in [-0.1, -0.05) is 0 Å². The van der Waals surface area contributed by atoms with Crippen LogP contribution in [0.3, 0.4) is 0 Å². The zero-order chi connectivity index (χ0) is 4.28. The average Bonchev–Trinajstić information content (AvgIpc) is 1.38. The van der Waals surface area contributed by atoms with Crippen molar-refractivity contribution in [2.75, 3.05) is 0 Å². The smallest absolute Gasteiger partial charge is 0.311 e. The molecule has 0 aromatic rings. The van der Waals surface area contributed by atoms with Crippen molar-refractivity contribution >= 4 is 17.0 Å². The third-order valence-electron chi connectivity index (χ3n) is 0. The molecule has 2 nitrogen and oxygen atoms in total. The first-order valence-electron chi connectivity index (χ1n) is 1.14. The normalized spacial score (nSPS) is 8.75. The van der Waals surface area contributed by atoms with Crippen LogP contribution in [-0.4, -0.2) is 5.37 Å². The maximum Gasteiger partial charge on any atom is 0.311 e. The highest BCUT2D eigenvalue weighted by Crippen LogP contribution is 1.62. The first-order chi connectivity index (χ1) is 2.27. The number of hydrogen-bond acceptors (Lipinski definition) is 1. The van der Waals surface area contributed by atoms with E-state index in [-0.39, 0.29) is 0 Å². The standard InChI is InChI=1S/CH2ClNO/c2-1(3)4/h(H2,3,4)/i/hD. The largest absolute Gasteiger partial charge is 0.356 e. The number of hydrogen-bond donors (Lipinski definition) is 1. The molecular weight excluding hydrogens is 77.5 g/mol. The second-order valence-electron chi connectivity index (χ2n) is 0.274. The van der Waals surface area contributed by atoms with Gasteiger partial charge in [0.25, 0.3) is 0 Å². The Kier molecular flexibility index (Phi) is 0.568. The molecule has 24 valence electrons. The van der Waals surface area contributed by atoms with Gasteiger partial charge in [0.1, 0.15) is 0 Å². The summed E-state index contributed by atoms with van der Waals surface area (Å²) in [6, 6.07) is 0. The fourth-order valence-corrected chi connectivity index (χ4v) is 0. The van der Waals surface area contributed by atoms with Crippen LogP contribution in [0.4, 0.5) is 4.79 Å². The van der Waals surface area contributed by atoms with E-state index in [4.69, 9.17) is 1.41 Å². The summed E-state index contributed by atoms with van der Waals surface area (Å²) in [7, 11) is 0. The van der Waals surface area contributed by atoms with Gasteiger partial charge in [-0.3, -0.25) is 4.79 Å². The van der Waals surface area contributed by atoms with Crippen molar-refractivity contribution in [1.82, 2.24) is 0 Å². The summed E-state index contributed by atoms with van der Waals surface area (Å²) in [6.07, 6.45) is 0. The second-order valence-corrected chi connectivity index (χ2v) is 0.617. The molecule has 4 heavy (non-hydrogen) atoms. The maximum absolute atomic E-state index is 9.28. The first kappa shape index (κ1) is 2.03. The van der Waals surface area contributed by atoms with Crippen LogP contribution in [0.1, 0.15) is 0 Å². The number of primary amides is 1. The number of nitrogens with two attached hydrogens (primary N) is 1. The molecule has 1 amide bonds. The van der Waals surface area contributed by atoms with Crippen molar-refractivity contribution in [1.29, 1.82) is 0 Å². The maximum atomic E-state index is 9.28. The van der Waals surface area contributed by atoms with Crippen LogP contribution < -0.4 is 5.73 Å². The molecule has 0 saturated carbocycles. The minimum atomic E-state index is -0.856. The fraction of sp³-hybridized carbons (Fsp3) is 0. The number of amides is 1. The van der Waals surface area contributed by atoms with Crippen LogP contribution >= 0.6 is 11.6 Å². The van der Waals surface area contributed by atoms with Gasteiger partial charge in [0.2, 0.25) is 0 Å². The number of rotatable bonds is 0. The molecule has 0 saturated heterocycles. The van der Waals surface area contributed by atoms with Crippen LogP contribution in [0.15, 0.2) is 0 Å². The molecule has 3 heteroatoms. The summed E-state index contributed by atoms with van der Waals surface area (Å²) >= 11 is 4.52. The number of carbonyl (C=O) groups excluding carboxylic acids is 1. The highest BCUT2D eigenvalue weighted by atomic mass is 35.5. The summed E-state index contributed by atoms with van der Waals surface area (Å²) in [5, 5.41) is -0.856. The molecule has 0 rings (SSSR count). The Bertz CT molecular complexity index is 46.9. The molecule has 0 aliphatic rings. The van der Waals surface area contributed by atoms with Gasteiger partial charge in [-0.2, -0.15) is 0 Å². The lowest BCUT2D eigenvalue weighted by Gasteiger charge is -1.56. The molecule has 0 radical (unpaired) electrons. The van der Waals surface area contributed by atoms with Crippen molar-refractivity contribution in [3.8, 4) is 0 Å². The lowest BCUT2D eigenvalue weighted by Crippen LogP contribution is -1.94. The Morgan fingerprint density at radius 3 is 2.75 bits per heavy atom. The second kappa shape index (κ2) is 1.12. The summed E-state index contributed by atoms with van der Waals surface area (Å²) in [5.41, 5.74) is 1.40. The van der Waals surface area contributed by atoms with Gasteiger partial charge in [-0.15, -0.1) is 0 Å². The van der Waals surface area contributed by atoms with Crippen molar-refractivity contribution in [3.63, 3.8) is 0 Å². The molecule has 0 spiro atoms. The predicted molar refractivity (Wildman–Crippen MR) is 15.4 cm³/mol. The Morgan fingerprint density at radius 1 is 2.50 bits per heavy atom. The molecule has 0 aliphatic carbocycles. The SMILES string of the molecule is [2H]NC(=O)Cl. The van der Waals surface area contributed by atoms with Gasteiger partial charge in [0.05, 0.1) is 0 Å². The Labute approximate surface area is 30.0 Å².